The van der Waals surface area contributed by atoms with E-state index in [2.05, 4.69) is 16.0 Å². The van der Waals surface area contributed by atoms with Crippen LogP contribution in [0.2, 0.25) is 0 Å². The van der Waals surface area contributed by atoms with Gasteiger partial charge in [-0.2, -0.15) is 0 Å². The van der Waals surface area contributed by atoms with Crippen LogP contribution in [-0.2, 0) is 9.53 Å². The first-order valence-electron chi connectivity index (χ1n) is 8.20. The predicted octanol–water partition coefficient (Wildman–Crippen LogP) is 2.16. The molecule has 0 bridgehead atoms. The van der Waals surface area contributed by atoms with Crippen LogP contribution in [0.15, 0.2) is 40.8 Å². The monoisotopic (exact) mass is 343 g/mol. The molecule has 1 aromatic heterocycles. The van der Waals surface area contributed by atoms with Crippen molar-refractivity contribution in [2.75, 3.05) is 30.3 Å². The molecular formula is C18H21N3O4. The first-order chi connectivity index (χ1) is 12.1. The third kappa shape index (κ3) is 4.91. The lowest BCUT2D eigenvalue weighted by Crippen LogP contribution is -2.40. The zero-order chi connectivity index (χ0) is 17.6. The highest BCUT2D eigenvalue weighted by atomic mass is 16.5. The van der Waals surface area contributed by atoms with E-state index in [0.29, 0.717) is 36.7 Å². The van der Waals surface area contributed by atoms with Gasteiger partial charge < -0.3 is 25.1 Å². The summed E-state index contributed by atoms with van der Waals surface area (Å²) in [5.41, 5.74) is 1.29. The number of carbonyl (C=O) groups excluding carboxylic acids is 2. The van der Waals surface area contributed by atoms with Gasteiger partial charge in [0, 0.05) is 24.5 Å². The average Bonchev–Trinajstić information content (AvgIpc) is 3.04. The van der Waals surface area contributed by atoms with Crippen LogP contribution in [0.4, 0.5) is 11.4 Å². The summed E-state index contributed by atoms with van der Waals surface area (Å²) in [6.07, 6.45) is 0.215. The van der Waals surface area contributed by atoms with Crippen molar-refractivity contribution >= 4 is 23.2 Å². The van der Waals surface area contributed by atoms with Gasteiger partial charge in [0.25, 0.3) is 5.91 Å². The molecule has 7 nitrogen and oxygen atoms in total. The van der Waals surface area contributed by atoms with Crippen molar-refractivity contribution in [1.82, 2.24) is 5.32 Å². The first-order valence-corrected chi connectivity index (χ1v) is 8.20. The largest absolute Gasteiger partial charge is 0.456 e. The molecule has 2 amide bonds. The molecule has 0 aliphatic carbocycles. The summed E-state index contributed by atoms with van der Waals surface area (Å²) in [4.78, 5) is 24.0. The molecule has 1 atom stereocenters. The topological polar surface area (TPSA) is 92.6 Å². The van der Waals surface area contributed by atoms with Crippen LogP contribution in [0.25, 0.3) is 0 Å². The van der Waals surface area contributed by atoms with Gasteiger partial charge in [-0.05, 0) is 43.3 Å². The van der Waals surface area contributed by atoms with Crippen molar-refractivity contribution in [3.05, 3.63) is 47.9 Å². The van der Waals surface area contributed by atoms with Gasteiger partial charge in [-0.1, -0.05) is 0 Å². The van der Waals surface area contributed by atoms with Gasteiger partial charge in [-0.25, -0.2) is 0 Å². The molecule has 1 aliphatic heterocycles. The fraction of sp³-hybridized carbons (Fsp3) is 0.333. The minimum Gasteiger partial charge on any atom is -0.456 e. The lowest BCUT2D eigenvalue weighted by atomic mass is 10.2. The zero-order valence-corrected chi connectivity index (χ0v) is 14.0. The van der Waals surface area contributed by atoms with Crippen molar-refractivity contribution < 1.29 is 18.7 Å². The van der Waals surface area contributed by atoms with Crippen LogP contribution in [0.5, 0.6) is 0 Å². The number of furan rings is 1. The number of nitrogens with one attached hydrogen (secondary N) is 3. The molecule has 1 saturated heterocycles. The van der Waals surface area contributed by atoms with E-state index in [0.717, 1.165) is 6.54 Å². The number of anilines is 2. The number of hydrogen-bond acceptors (Lipinski definition) is 5. The van der Waals surface area contributed by atoms with Gasteiger partial charge in [0.15, 0.2) is 5.76 Å². The van der Waals surface area contributed by atoms with Crippen LogP contribution in [0, 0.1) is 6.92 Å². The van der Waals surface area contributed by atoms with Crippen molar-refractivity contribution in [3.8, 4) is 0 Å². The number of aryl methyl sites for hydroxylation is 1. The van der Waals surface area contributed by atoms with Crippen molar-refractivity contribution in [3.63, 3.8) is 0 Å². The number of hydrogen-bond donors (Lipinski definition) is 3. The number of benzene rings is 1. The second-order valence-corrected chi connectivity index (χ2v) is 5.89. The summed E-state index contributed by atoms with van der Waals surface area (Å²) in [6.45, 7) is 3.91. The van der Waals surface area contributed by atoms with Crippen molar-refractivity contribution in [1.29, 1.82) is 0 Å². The molecule has 3 N–H and O–H groups in total. The van der Waals surface area contributed by atoms with E-state index in [9.17, 15) is 9.59 Å². The third-order valence-corrected chi connectivity index (χ3v) is 3.81. The Kier molecular flexibility index (Phi) is 5.47. The summed E-state index contributed by atoms with van der Waals surface area (Å²) in [5, 5.41) is 8.76. The van der Waals surface area contributed by atoms with E-state index in [1.54, 1.807) is 43.3 Å². The smallest absolute Gasteiger partial charge is 0.291 e. The van der Waals surface area contributed by atoms with E-state index < -0.39 is 0 Å². The van der Waals surface area contributed by atoms with Crippen LogP contribution in [0.1, 0.15) is 22.7 Å². The van der Waals surface area contributed by atoms with Gasteiger partial charge >= 0.3 is 0 Å². The fourth-order valence-electron chi connectivity index (χ4n) is 2.56. The standard InChI is InChI=1S/C18H21N3O4/c1-12-2-7-16(25-12)18(23)21-14-5-3-13(4-6-14)20-17(22)10-15-11-19-8-9-24-15/h2-7,15,19H,8-11H2,1H3,(H,20,22)(H,21,23)/t15-/m0/s1. The molecule has 0 spiro atoms. The number of morpholine rings is 1. The van der Waals surface area contributed by atoms with Crippen LogP contribution in [0.3, 0.4) is 0 Å². The summed E-state index contributed by atoms with van der Waals surface area (Å²) in [5.74, 6) is 0.528. The molecule has 1 aromatic carbocycles. The minimum absolute atomic E-state index is 0.0935. The van der Waals surface area contributed by atoms with Crippen LogP contribution < -0.4 is 16.0 Å². The molecule has 132 valence electrons. The molecule has 7 heteroatoms. The molecule has 0 unspecified atom stereocenters. The van der Waals surface area contributed by atoms with Gasteiger partial charge in [-0.15, -0.1) is 0 Å². The summed E-state index contributed by atoms with van der Waals surface area (Å²) in [7, 11) is 0. The Morgan fingerprint density at radius 3 is 2.44 bits per heavy atom. The Morgan fingerprint density at radius 1 is 1.12 bits per heavy atom. The number of rotatable bonds is 5. The highest BCUT2D eigenvalue weighted by molar-refractivity contribution is 6.02. The first kappa shape index (κ1) is 17.2. The zero-order valence-electron chi connectivity index (χ0n) is 14.0. The molecule has 2 aromatic rings. The Balaban J connectivity index is 1.51. The van der Waals surface area contributed by atoms with Gasteiger partial charge in [-0.3, -0.25) is 9.59 Å². The van der Waals surface area contributed by atoms with Crippen molar-refractivity contribution in [2.24, 2.45) is 0 Å². The Morgan fingerprint density at radius 2 is 1.84 bits per heavy atom. The second-order valence-electron chi connectivity index (χ2n) is 5.89. The van der Waals surface area contributed by atoms with Gasteiger partial charge in [0.05, 0.1) is 19.1 Å². The molecule has 3 rings (SSSR count). The fourth-order valence-corrected chi connectivity index (χ4v) is 2.56. The maximum Gasteiger partial charge on any atom is 0.291 e. The molecule has 25 heavy (non-hydrogen) atoms. The predicted molar refractivity (Wildman–Crippen MR) is 93.7 cm³/mol. The normalized spacial score (nSPS) is 17.1. The van der Waals surface area contributed by atoms with E-state index in [1.807, 2.05) is 0 Å². The molecule has 0 saturated carbocycles. The Hall–Kier alpha value is -2.64. The number of amides is 2. The SMILES string of the molecule is Cc1ccc(C(=O)Nc2ccc(NC(=O)C[C@H]3CNCCO3)cc2)o1. The Labute approximate surface area is 145 Å². The Bertz CT molecular complexity index is 733. The highest BCUT2D eigenvalue weighted by Crippen LogP contribution is 2.16. The maximum atomic E-state index is 12.0. The maximum absolute atomic E-state index is 12.0. The van der Waals surface area contributed by atoms with E-state index >= 15 is 0 Å². The quantitative estimate of drug-likeness (QED) is 0.774. The number of ether oxygens (including phenoxy) is 1. The molecule has 0 radical (unpaired) electrons. The second kappa shape index (κ2) is 7.96. The van der Waals surface area contributed by atoms with E-state index in [-0.39, 0.29) is 23.7 Å². The average molecular weight is 343 g/mol. The molecule has 1 fully saturated rings. The summed E-state index contributed by atoms with van der Waals surface area (Å²) in [6, 6.07) is 10.3. The van der Waals surface area contributed by atoms with Crippen LogP contribution in [-0.4, -0.2) is 37.6 Å². The molecule has 1 aliphatic rings. The van der Waals surface area contributed by atoms with Gasteiger partial charge in [0.2, 0.25) is 5.91 Å². The van der Waals surface area contributed by atoms with Gasteiger partial charge in [0.1, 0.15) is 5.76 Å². The van der Waals surface area contributed by atoms with Crippen LogP contribution >= 0.6 is 0 Å². The van der Waals surface area contributed by atoms with E-state index in [1.165, 1.54) is 0 Å². The van der Waals surface area contributed by atoms with Crippen molar-refractivity contribution in [2.45, 2.75) is 19.4 Å². The summed E-state index contributed by atoms with van der Waals surface area (Å²) >= 11 is 0. The molecular weight excluding hydrogens is 322 g/mol. The third-order valence-electron chi connectivity index (χ3n) is 3.81. The molecule has 2 heterocycles. The summed E-state index contributed by atoms with van der Waals surface area (Å²) < 4.78 is 10.8. The highest BCUT2D eigenvalue weighted by Gasteiger charge is 2.17. The lowest BCUT2D eigenvalue weighted by molar-refractivity contribution is -0.119. The van der Waals surface area contributed by atoms with E-state index in [4.69, 9.17) is 9.15 Å². The number of carbonyl (C=O) groups is 2. The minimum atomic E-state index is -0.313. The lowest BCUT2D eigenvalue weighted by Gasteiger charge is -2.23.